The van der Waals surface area contributed by atoms with Crippen molar-refractivity contribution in [2.75, 3.05) is 7.11 Å². The van der Waals surface area contributed by atoms with Gasteiger partial charge in [0.2, 0.25) is 0 Å². The van der Waals surface area contributed by atoms with Crippen LogP contribution < -0.4 is 15.4 Å². The van der Waals surface area contributed by atoms with E-state index in [0.29, 0.717) is 11.5 Å². The Labute approximate surface area is 135 Å². The normalized spacial score (nSPS) is 23.5. The monoisotopic (exact) mass is 316 g/mol. The SMILES string of the molecule is COc1ccc([C@H]2NC(=S)NC3=C2C(=O)CC(C)(C)C3)cc1. The van der Waals surface area contributed by atoms with Crippen molar-refractivity contribution >= 4 is 23.1 Å². The molecule has 0 saturated heterocycles. The highest BCUT2D eigenvalue weighted by atomic mass is 32.1. The second-order valence-corrected chi connectivity index (χ2v) is 7.05. The highest BCUT2D eigenvalue weighted by Crippen LogP contribution is 2.41. The maximum absolute atomic E-state index is 12.7. The number of hydrogen-bond acceptors (Lipinski definition) is 3. The molecule has 0 bridgehead atoms. The van der Waals surface area contributed by atoms with Gasteiger partial charge in [0.15, 0.2) is 10.9 Å². The lowest BCUT2D eigenvalue weighted by Crippen LogP contribution is -2.48. The first-order valence-electron chi connectivity index (χ1n) is 7.37. The Balaban J connectivity index is 2.02. The third-order valence-corrected chi connectivity index (χ3v) is 4.42. The Morgan fingerprint density at radius 1 is 1.23 bits per heavy atom. The second-order valence-electron chi connectivity index (χ2n) is 6.64. The molecule has 0 aromatic heterocycles. The van der Waals surface area contributed by atoms with Gasteiger partial charge < -0.3 is 15.4 Å². The van der Waals surface area contributed by atoms with Gasteiger partial charge in [0.1, 0.15) is 5.75 Å². The molecule has 0 amide bonds. The number of nitrogens with one attached hydrogen (secondary N) is 2. The molecule has 1 aromatic rings. The van der Waals surface area contributed by atoms with Crippen LogP contribution in [0.5, 0.6) is 5.75 Å². The molecule has 4 nitrogen and oxygen atoms in total. The fourth-order valence-electron chi connectivity index (χ4n) is 3.20. The van der Waals surface area contributed by atoms with Gasteiger partial charge in [-0.25, -0.2) is 0 Å². The molecule has 2 N–H and O–H groups in total. The third-order valence-electron chi connectivity index (χ3n) is 4.20. The molecule has 116 valence electrons. The number of hydrogen-bond donors (Lipinski definition) is 2. The molecule has 0 radical (unpaired) electrons. The topological polar surface area (TPSA) is 50.4 Å². The lowest BCUT2D eigenvalue weighted by molar-refractivity contribution is -0.118. The zero-order valence-electron chi connectivity index (χ0n) is 13.0. The minimum atomic E-state index is -0.182. The summed E-state index contributed by atoms with van der Waals surface area (Å²) in [5.74, 6) is 0.986. The number of ether oxygens (including phenoxy) is 1. The van der Waals surface area contributed by atoms with Crippen molar-refractivity contribution in [3.8, 4) is 5.75 Å². The van der Waals surface area contributed by atoms with E-state index >= 15 is 0 Å². The van der Waals surface area contributed by atoms with Gasteiger partial charge in [-0.3, -0.25) is 4.79 Å². The van der Waals surface area contributed by atoms with Crippen molar-refractivity contribution < 1.29 is 9.53 Å². The molecule has 1 aliphatic carbocycles. The molecule has 0 unspecified atom stereocenters. The van der Waals surface area contributed by atoms with Crippen LogP contribution >= 0.6 is 12.2 Å². The number of allylic oxidation sites excluding steroid dienone is 1. The van der Waals surface area contributed by atoms with Gasteiger partial charge in [-0.05, 0) is 41.7 Å². The zero-order chi connectivity index (χ0) is 15.9. The molecule has 3 rings (SSSR count). The highest BCUT2D eigenvalue weighted by Gasteiger charge is 2.39. The number of thiocarbonyl (C=S) groups is 1. The quantitative estimate of drug-likeness (QED) is 0.822. The molecular weight excluding hydrogens is 296 g/mol. The number of benzene rings is 1. The minimum absolute atomic E-state index is 0.0275. The second kappa shape index (κ2) is 5.39. The fraction of sp³-hybridized carbons (Fsp3) is 0.412. The van der Waals surface area contributed by atoms with Crippen LogP contribution in [0.2, 0.25) is 0 Å². The van der Waals surface area contributed by atoms with Crippen LogP contribution in [0.1, 0.15) is 38.3 Å². The smallest absolute Gasteiger partial charge is 0.171 e. The summed E-state index contributed by atoms with van der Waals surface area (Å²) in [4.78, 5) is 12.7. The molecule has 5 heteroatoms. The summed E-state index contributed by atoms with van der Waals surface area (Å²) in [5, 5.41) is 6.98. The van der Waals surface area contributed by atoms with Crippen molar-refractivity contribution in [2.24, 2.45) is 5.41 Å². The molecule has 0 spiro atoms. The van der Waals surface area contributed by atoms with Crippen molar-refractivity contribution in [1.29, 1.82) is 0 Å². The summed E-state index contributed by atoms with van der Waals surface area (Å²) >= 11 is 5.32. The van der Waals surface area contributed by atoms with Crippen molar-refractivity contribution in [3.05, 3.63) is 41.1 Å². The highest BCUT2D eigenvalue weighted by molar-refractivity contribution is 7.80. The average molecular weight is 316 g/mol. The molecule has 1 atom stereocenters. The molecule has 1 aromatic carbocycles. The number of Topliss-reactive ketones (excluding diaryl/α,β-unsaturated/α-hetero) is 1. The molecule has 1 heterocycles. The standard InChI is InChI=1S/C17H20N2O2S/c1-17(2)8-12-14(13(20)9-17)15(19-16(22)18-12)10-4-6-11(21-3)7-5-10/h4-7,15H,8-9H2,1-3H3,(H2,18,19,22)/t15-/m1/s1. The van der Waals surface area contributed by atoms with E-state index in [2.05, 4.69) is 24.5 Å². The first-order valence-corrected chi connectivity index (χ1v) is 7.78. The number of carbonyl (C=O) groups excluding carboxylic acids is 1. The van der Waals surface area contributed by atoms with Gasteiger partial charge in [-0.15, -0.1) is 0 Å². The van der Waals surface area contributed by atoms with Crippen molar-refractivity contribution in [2.45, 2.75) is 32.7 Å². The summed E-state index contributed by atoms with van der Waals surface area (Å²) < 4.78 is 5.20. The van der Waals surface area contributed by atoms with E-state index < -0.39 is 0 Å². The van der Waals surface area contributed by atoms with Crippen LogP contribution in [0.25, 0.3) is 0 Å². The Kier molecular flexibility index (Phi) is 3.68. The summed E-state index contributed by atoms with van der Waals surface area (Å²) in [7, 11) is 1.64. The summed E-state index contributed by atoms with van der Waals surface area (Å²) in [6.45, 7) is 4.23. The number of carbonyl (C=O) groups is 1. The predicted octanol–water partition coefficient (Wildman–Crippen LogP) is 2.86. The maximum atomic E-state index is 12.7. The van der Waals surface area contributed by atoms with Gasteiger partial charge >= 0.3 is 0 Å². The van der Waals surface area contributed by atoms with Gasteiger partial charge in [0.25, 0.3) is 0 Å². The zero-order valence-corrected chi connectivity index (χ0v) is 13.8. The van der Waals surface area contributed by atoms with E-state index in [0.717, 1.165) is 29.0 Å². The number of rotatable bonds is 2. The molecule has 22 heavy (non-hydrogen) atoms. The summed E-state index contributed by atoms with van der Waals surface area (Å²) in [5.41, 5.74) is 2.77. The molecule has 2 aliphatic rings. The van der Waals surface area contributed by atoms with Gasteiger partial charge in [-0.1, -0.05) is 26.0 Å². The Morgan fingerprint density at radius 2 is 1.91 bits per heavy atom. The van der Waals surface area contributed by atoms with Gasteiger partial charge in [0.05, 0.1) is 13.2 Å². The Morgan fingerprint density at radius 3 is 2.55 bits per heavy atom. The summed E-state index contributed by atoms with van der Waals surface area (Å²) in [6.07, 6.45) is 1.40. The van der Waals surface area contributed by atoms with Gasteiger partial charge in [0, 0.05) is 17.7 Å². The first kappa shape index (κ1) is 15.0. The molecule has 1 aliphatic heterocycles. The third kappa shape index (κ3) is 2.73. The van der Waals surface area contributed by atoms with Crippen LogP contribution in [0.4, 0.5) is 0 Å². The van der Waals surface area contributed by atoms with Crippen LogP contribution in [-0.4, -0.2) is 18.0 Å². The predicted molar refractivity (Wildman–Crippen MR) is 89.7 cm³/mol. The Hall–Kier alpha value is -1.88. The van der Waals surface area contributed by atoms with E-state index in [1.165, 1.54) is 0 Å². The number of ketones is 1. The van der Waals surface area contributed by atoms with E-state index in [1.807, 2.05) is 24.3 Å². The van der Waals surface area contributed by atoms with E-state index in [1.54, 1.807) is 7.11 Å². The van der Waals surface area contributed by atoms with Crippen molar-refractivity contribution in [3.63, 3.8) is 0 Å². The van der Waals surface area contributed by atoms with Crippen LogP contribution in [0, 0.1) is 5.41 Å². The van der Waals surface area contributed by atoms with Crippen molar-refractivity contribution in [1.82, 2.24) is 10.6 Å². The van der Waals surface area contributed by atoms with Crippen LogP contribution in [0.15, 0.2) is 35.5 Å². The number of methoxy groups -OCH3 is 1. The molecule has 0 saturated carbocycles. The summed E-state index contributed by atoms with van der Waals surface area (Å²) in [6, 6.07) is 7.57. The largest absolute Gasteiger partial charge is 0.497 e. The fourth-order valence-corrected chi connectivity index (χ4v) is 3.44. The molecular formula is C17H20N2O2S. The van der Waals surface area contributed by atoms with Gasteiger partial charge in [-0.2, -0.15) is 0 Å². The lowest BCUT2D eigenvalue weighted by Gasteiger charge is -2.39. The first-order chi connectivity index (χ1) is 10.4. The minimum Gasteiger partial charge on any atom is -0.497 e. The maximum Gasteiger partial charge on any atom is 0.171 e. The van der Waals surface area contributed by atoms with Crippen LogP contribution in [-0.2, 0) is 4.79 Å². The average Bonchev–Trinajstić information content (AvgIpc) is 2.44. The van der Waals surface area contributed by atoms with E-state index in [4.69, 9.17) is 17.0 Å². The van der Waals surface area contributed by atoms with E-state index in [-0.39, 0.29) is 17.2 Å². The van der Waals surface area contributed by atoms with Crippen LogP contribution in [0.3, 0.4) is 0 Å². The Bertz CT molecular complexity index is 662. The van der Waals surface area contributed by atoms with E-state index in [9.17, 15) is 4.79 Å². The molecule has 0 fully saturated rings. The lowest BCUT2D eigenvalue weighted by atomic mass is 9.73.